The summed E-state index contributed by atoms with van der Waals surface area (Å²) >= 11 is 1.47. The number of rotatable bonds is 8. The summed E-state index contributed by atoms with van der Waals surface area (Å²) in [6.45, 7) is 0.675. The topological polar surface area (TPSA) is 126 Å². The molecule has 256 valence electrons. The SMILES string of the molecule is COc1c(F)ccc2c1CC[C@H]2Nc1nccc2cc(-c3c4c(nc(CCc5ccccc5F)c3-c3n[nH]c(=O)o3)C35CC(CN3C4=O)C5)sc12. The number of aromatic amines is 1. The molecule has 3 aliphatic heterocycles. The molecule has 1 spiro atoms. The molecule has 51 heavy (non-hydrogen) atoms. The number of hydrogen-bond donors (Lipinski definition) is 2. The van der Waals surface area contributed by atoms with Gasteiger partial charge in [0.2, 0.25) is 0 Å². The van der Waals surface area contributed by atoms with Gasteiger partial charge in [0, 0.05) is 28.7 Å². The van der Waals surface area contributed by atoms with Gasteiger partial charge in [-0.25, -0.2) is 23.7 Å². The van der Waals surface area contributed by atoms with E-state index < -0.39 is 11.3 Å². The smallest absolute Gasteiger partial charge is 0.434 e. The van der Waals surface area contributed by atoms with Crippen LogP contribution in [-0.4, -0.2) is 44.6 Å². The summed E-state index contributed by atoms with van der Waals surface area (Å²) in [5, 5.41) is 11.1. The number of benzene rings is 2. The standard InChI is InChI=1S/C38H30F2N6O4S/c1-49-31-22-8-11-25(21(22)7-9-24(31)40)43-34-32-20(12-13-41-34)14-27(51-32)29-28(35-44-45-37(48)50-35)26(10-6-19-4-2-3-5-23(19)39)42-33-30(29)36(47)46-17-18-15-38(33,46)16-18/h2-5,7,9,12-14,18,25H,6,8,10-11,15-17H2,1H3,(H,41,43)(H,45,48)/t18?,25-,38?/m1/s1. The first-order chi connectivity index (χ1) is 24.8. The van der Waals surface area contributed by atoms with Crippen LogP contribution in [0.5, 0.6) is 5.75 Å². The van der Waals surface area contributed by atoms with Gasteiger partial charge in [0.1, 0.15) is 11.6 Å². The predicted octanol–water partition coefficient (Wildman–Crippen LogP) is 6.95. The van der Waals surface area contributed by atoms with E-state index in [0.29, 0.717) is 65.5 Å². The number of H-pyrrole nitrogens is 1. The van der Waals surface area contributed by atoms with Crippen molar-refractivity contribution in [1.29, 1.82) is 0 Å². The van der Waals surface area contributed by atoms with Crippen LogP contribution in [0.1, 0.15) is 63.7 Å². The third-order valence-electron chi connectivity index (χ3n) is 11.1. The number of nitrogens with zero attached hydrogens (tertiary/aromatic N) is 4. The number of nitrogens with one attached hydrogen (secondary N) is 2. The normalized spacial score (nSPS) is 21.2. The Labute approximate surface area is 293 Å². The quantitative estimate of drug-likeness (QED) is 0.175. The second-order valence-corrected chi connectivity index (χ2v) is 14.9. The molecule has 0 radical (unpaired) electrons. The van der Waals surface area contributed by atoms with Crippen molar-refractivity contribution in [3.63, 3.8) is 0 Å². The molecule has 5 aliphatic rings. The molecule has 2 aliphatic carbocycles. The molecule has 1 saturated carbocycles. The zero-order chi connectivity index (χ0) is 34.6. The van der Waals surface area contributed by atoms with Crippen molar-refractivity contribution in [2.24, 2.45) is 5.92 Å². The van der Waals surface area contributed by atoms with Crippen LogP contribution in [0.25, 0.3) is 32.0 Å². The summed E-state index contributed by atoms with van der Waals surface area (Å²) < 4.78 is 41.2. The Balaban J connectivity index is 1.15. The number of methoxy groups -OCH3 is 1. The molecule has 3 fully saturated rings. The van der Waals surface area contributed by atoms with E-state index in [1.165, 1.54) is 30.6 Å². The third-order valence-corrected chi connectivity index (χ3v) is 12.3. The van der Waals surface area contributed by atoms with E-state index in [9.17, 15) is 18.4 Å². The van der Waals surface area contributed by atoms with Crippen LogP contribution in [0, 0.1) is 17.6 Å². The maximum absolute atomic E-state index is 14.8. The van der Waals surface area contributed by atoms with Gasteiger partial charge < -0.3 is 19.4 Å². The number of hydrogen-bond acceptors (Lipinski definition) is 9. The van der Waals surface area contributed by atoms with Gasteiger partial charge in [0.05, 0.1) is 45.9 Å². The van der Waals surface area contributed by atoms with Crippen molar-refractivity contribution in [3.8, 4) is 27.6 Å². The molecule has 1 atom stereocenters. The molecule has 1 amide bonds. The summed E-state index contributed by atoms with van der Waals surface area (Å²) in [6.07, 6.45) is 5.51. The summed E-state index contributed by atoms with van der Waals surface area (Å²) in [6, 6.07) is 13.7. The van der Waals surface area contributed by atoms with Gasteiger partial charge in [0.15, 0.2) is 11.6 Å². The first-order valence-electron chi connectivity index (χ1n) is 17.0. The first-order valence-corrected chi connectivity index (χ1v) is 17.8. The highest BCUT2D eigenvalue weighted by molar-refractivity contribution is 7.23. The summed E-state index contributed by atoms with van der Waals surface area (Å²) in [5.41, 5.74) is 4.75. The van der Waals surface area contributed by atoms with Crippen molar-refractivity contribution in [2.75, 3.05) is 19.0 Å². The Morgan fingerprint density at radius 1 is 1.08 bits per heavy atom. The second kappa shape index (κ2) is 11.0. The fourth-order valence-electron chi connectivity index (χ4n) is 8.91. The van der Waals surface area contributed by atoms with Crippen LogP contribution in [0.4, 0.5) is 14.6 Å². The number of carbonyl (C=O) groups excluding carboxylic acids is 1. The number of aryl methyl sites for hydroxylation is 2. The molecular weight excluding hydrogens is 675 g/mol. The molecule has 7 heterocycles. The van der Waals surface area contributed by atoms with Gasteiger partial charge in [-0.15, -0.1) is 16.4 Å². The second-order valence-electron chi connectivity index (χ2n) is 13.8. The molecule has 13 heteroatoms. The predicted molar refractivity (Wildman–Crippen MR) is 186 cm³/mol. The van der Waals surface area contributed by atoms with Crippen molar-refractivity contribution < 1.29 is 22.7 Å². The average molecular weight is 705 g/mol. The van der Waals surface area contributed by atoms with Crippen LogP contribution in [-0.2, 0) is 24.8 Å². The third kappa shape index (κ3) is 4.39. The Bertz CT molecular complexity index is 2500. The van der Waals surface area contributed by atoms with E-state index in [4.69, 9.17) is 19.1 Å². The van der Waals surface area contributed by atoms with Crippen molar-refractivity contribution in [2.45, 2.75) is 50.1 Å². The molecule has 4 aromatic heterocycles. The molecule has 2 N–H and O–H groups in total. The molecule has 2 bridgehead atoms. The van der Waals surface area contributed by atoms with E-state index in [0.717, 1.165) is 51.0 Å². The number of fused-ring (bicyclic) bond motifs is 3. The summed E-state index contributed by atoms with van der Waals surface area (Å²) in [5.74, 6) is -0.109. The Kier molecular flexibility index (Phi) is 6.58. The Morgan fingerprint density at radius 2 is 1.94 bits per heavy atom. The van der Waals surface area contributed by atoms with E-state index in [-0.39, 0.29) is 35.2 Å². The number of amides is 1. The highest BCUT2D eigenvalue weighted by Crippen LogP contribution is 2.63. The number of halogens is 2. The van der Waals surface area contributed by atoms with Crippen LogP contribution < -0.4 is 15.8 Å². The fraction of sp³-hybridized carbons (Fsp3) is 0.289. The average Bonchev–Trinajstić information content (AvgIpc) is 3.96. The summed E-state index contributed by atoms with van der Waals surface area (Å²) in [4.78, 5) is 39.4. The molecule has 2 saturated heterocycles. The Morgan fingerprint density at radius 3 is 2.75 bits per heavy atom. The lowest BCUT2D eigenvalue weighted by Crippen LogP contribution is -2.40. The lowest BCUT2D eigenvalue weighted by atomic mass is 9.71. The highest BCUT2D eigenvalue weighted by atomic mass is 32.1. The minimum atomic E-state index is -0.732. The number of ether oxygens (including phenoxy) is 1. The van der Waals surface area contributed by atoms with Crippen LogP contribution >= 0.6 is 11.3 Å². The largest absolute Gasteiger partial charge is 0.493 e. The maximum atomic E-state index is 14.8. The molecular formula is C38H30F2N6O4S. The van der Waals surface area contributed by atoms with Crippen molar-refractivity contribution >= 4 is 33.1 Å². The lowest BCUT2D eigenvalue weighted by molar-refractivity contribution is 0.0637. The van der Waals surface area contributed by atoms with E-state index in [2.05, 4.69) is 15.5 Å². The minimum Gasteiger partial charge on any atom is -0.493 e. The monoisotopic (exact) mass is 704 g/mol. The number of pyridine rings is 2. The molecule has 6 aromatic rings. The zero-order valence-corrected chi connectivity index (χ0v) is 28.2. The maximum Gasteiger partial charge on any atom is 0.434 e. The molecule has 10 nitrogen and oxygen atoms in total. The Hall–Kier alpha value is -5.43. The number of aromatic nitrogens is 4. The van der Waals surface area contributed by atoms with E-state index >= 15 is 0 Å². The van der Waals surface area contributed by atoms with Gasteiger partial charge in [-0.2, -0.15) is 0 Å². The number of carbonyl (C=O) groups is 1. The fourth-order valence-corrected chi connectivity index (χ4v) is 10.1. The van der Waals surface area contributed by atoms with Crippen LogP contribution in [0.2, 0.25) is 0 Å². The van der Waals surface area contributed by atoms with Gasteiger partial charge in [-0.3, -0.25) is 9.78 Å². The number of anilines is 1. The van der Waals surface area contributed by atoms with Gasteiger partial charge in [0.25, 0.3) is 11.8 Å². The van der Waals surface area contributed by atoms with Gasteiger partial charge >= 0.3 is 5.76 Å². The highest BCUT2D eigenvalue weighted by Gasteiger charge is 2.65. The van der Waals surface area contributed by atoms with E-state index in [1.54, 1.807) is 30.5 Å². The summed E-state index contributed by atoms with van der Waals surface area (Å²) in [7, 11) is 1.48. The minimum absolute atomic E-state index is 0.0235. The van der Waals surface area contributed by atoms with Gasteiger partial charge in [-0.05, 0) is 85.2 Å². The molecule has 2 aromatic carbocycles. The van der Waals surface area contributed by atoms with Crippen molar-refractivity contribution in [1.82, 2.24) is 25.1 Å². The van der Waals surface area contributed by atoms with Crippen molar-refractivity contribution in [3.05, 3.63) is 111 Å². The lowest BCUT2D eigenvalue weighted by Gasteiger charge is -2.37. The van der Waals surface area contributed by atoms with Crippen LogP contribution in [0.15, 0.2) is 63.9 Å². The van der Waals surface area contributed by atoms with E-state index in [1.807, 2.05) is 17.0 Å². The first kappa shape index (κ1) is 30.4. The van der Waals surface area contributed by atoms with Crippen LogP contribution in [0.3, 0.4) is 0 Å². The van der Waals surface area contributed by atoms with Gasteiger partial charge in [-0.1, -0.05) is 24.3 Å². The number of thiophene rings is 1. The molecule has 0 unspecified atom stereocenters. The molecule has 11 rings (SSSR count). The zero-order valence-electron chi connectivity index (χ0n) is 27.4.